The van der Waals surface area contributed by atoms with E-state index in [9.17, 15) is 0 Å². The summed E-state index contributed by atoms with van der Waals surface area (Å²) in [6.45, 7) is 5.70. The number of benzene rings is 1. The van der Waals surface area contributed by atoms with E-state index in [1.165, 1.54) is 12.8 Å². The molecule has 1 fully saturated rings. The van der Waals surface area contributed by atoms with Crippen molar-refractivity contribution in [3.8, 4) is 11.5 Å². The number of aromatic nitrogens is 1. The van der Waals surface area contributed by atoms with Crippen LogP contribution in [0.1, 0.15) is 25.5 Å². The molecule has 1 aliphatic rings. The summed E-state index contributed by atoms with van der Waals surface area (Å²) in [5.41, 5.74) is 1.13. The number of thiazole rings is 1. The third kappa shape index (κ3) is 7.19. The molecule has 2 aromatic rings. The number of ether oxygens (including phenoxy) is 2. The molecule has 3 rings (SSSR count). The zero-order valence-corrected chi connectivity index (χ0v) is 21.0. The molecule has 0 amide bonds. The van der Waals surface area contributed by atoms with Gasteiger partial charge in [-0.25, -0.2) is 4.98 Å². The van der Waals surface area contributed by atoms with Crippen LogP contribution in [0.2, 0.25) is 0 Å². The van der Waals surface area contributed by atoms with E-state index < -0.39 is 0 Å². The zero-order valence-electron chi connectivity index (χ0n) is 17.9. The molecule has 2 heterocycles. The van der Waals surface area contributed by atoms with E-state index >= 15 is 0 Å². The van der Waals surface area contributed by atoms with Crippen LogP contribution in [0.15, 0.2) is 34.6 Å². The van der Waals surface area contributed by atoms with Gasteiger partial charge in [-0.2, -0.15) is 0 Å². The van der Waals surface area contributed by atoms with Gasteiger partial charge in [-0.1, -0.05) is 12.1 Å². The van der Waals surface area contributed by atoms with Gasteiger partial charge in [-0.15, -0.1) is 35.3 Å². The number of guanidine groups is 1. The first kappa shape index (κ1) is 24.5. The Labute approximate surface area is 200 Å². The Bertz CT molecular complexity index is 795. The molecule has 1 unspecified atom stereocenters. The lowest BCUT2D eigenvalue weighted by molar-refractivity contribution is 0.213. The first-order valence-corrected chi connectivity index (χ1v) is 11.0. The van der Waals surface area contributed by atoms with Gasteiger partial charge in [0.15, 0.2) is 22.6 Å². The molecule has 0 saturated carbocycles. The van der Waals surface area contributed by atoms with E-state index in [2.05, 4.69) is 25.9 Å². The molecule has 0 radical (unpaired) electrons. The summed E-state index contributed by atoms with van der Waals surface area (Å²) >= 11 is 1.74. The van der Waals surface area contributed by atoms with Crippen LogP contribution < -0.4 is 25.0 Å². The minimum Gasteiger partial charge on any atom is -0.493 e. The zero-order chi connectivity index (χ0) is 20.5. The molecule has 1 aromatic heterocycles. The Balaban J connectivity index is 0.00000320. The van der Waals surface area contributed by atoms with E-state index in [1.54, 1.807) is 25.5 Å². The third-order valence-corrected chi connectivity index (χ3v) is 5.72. The van der Waals surface area contributed by atoms with E-state index in [-0.39, 0.29) is 30.1 Å². The van der Waals surface area contributed by atoms with E-state index in [4.69, 9.17) is 14.5 Å². The van der Waals surface area contributed by atoms with Crippen molar-refractivity contribution in [1.29, 1.82) is 0 Å². The van der Waals surface area contributed by atoms with Crippen molar-refractivity contribution >= 4 is 46.4 Å². The van der Waals surface area contributed by atoms with Crippen molar-refractivity contribution in [1.82, 2.24) is 15.6 Å². The molecule has 0 bridgehead atoms. The number of rotatable bonds is 9. The predicted octanol–water partition coefficient (Wildman–Crippen LogP) is 3.54. The number of methoxy groups -OCH3 is 1. The van der Waals surface area contributed by atoms with E-state index in [0.29, 0.717) is 6.54 Å². The van der Waals surface area contributed by atoms with Gasteiger partial charge in [0.1, 0.15) is 6.10 Å². The van der Waals surface area contributed by atoms with E-state index in [0.717, 1.165) is 54.3 Å². The van der Waals surface area contributed by atoms with Crippen molar-refractivity contribution < 1.29 is 9.47 Å². The Morgan fingerprint density at radius 1 is 1.23 bits per heavy atom. The summed E-state index contributed by atoms with van der Waals surface area (Å²) < 4.78 is 11.3. The quantitative estimate of drug-likeness (QED) is 0.286. The molecule has 1 aliphatic heterocycles. The summed E-state index contributed by atoms with van der Waals surface area (Å²) in [5.74, 6) is 2.23. The highest BCUT2D eigenvalue weighted by atomic mass is 127. The van der Waals surface area contributed by atoms with Gasteiger partial charge in [0.2, 0.25) is 0 Å². The molecule has 1 aromatic carbocycles. The number of halogens is 1. The maximum absolute atomic E-state index is 5.97. The van der Waals surface area contributed by atoms with Crippen molar-refractivity contribution in [2.75, 3.05) is 45.2 Å². The average molecular weight is 545 g/mol. The molecule has 7 nitrogen and oxygen atoms in total. The summed E-state index contributed by atoms with van der Waals surface area (Å²) in [5, 5.41) is 9.97. The number of aliphatic imine (C=N–C) groups is 1. The summed E-state index contributed by atoms with van der Waals surface area (Å²) in [7, 11) is 3.42. The normalized spacial score (nSPS) is 14.8. The Hall–Kier alpha value is -1.75. The van der Waals surface area contributed by atoms with E-state index in [1.807, 2.05) is 31.2 Å². The van der Waals surface area contributed by atoms with Crippen molar-refractivity contribution in [3.63, 3.8) is 0 Å². The number of para-hydroxylation sites is 2. The standard InChI is InChI=1S/C21H31N5O2S.HI/c1-16(28-19-9-5-4-8-18(19)27-3)14-24-20(22-2)23-11-10-17-15-29-21(25-17)26-12-6-7-13-26;/h4-5,8-9,15-16H,6-7,10-14H2,1-3H3,(H2,22,23,24);1H. The van der Waals surface area contributed by atoms with Crippen molar-refractivity contribution in [2.45, 2.75) is 32.3 Å². The molecular formula is C21H32IN5O2S. The summed E-state index contributed by atoms with van der Waals surface area (Å²) in [6, 6.07) is 7.67. The van der Waals surface area contributed by atoms with Gasteiger partial charge >= 0.3 is 0 Å². The minimum absolute atomic E-state index is 0. The van der Waals surface area contributed by atoms with Gasteiger partial charge < -0.3 is 25.0 Å². The van der Waals surface area contributed by atoms with Gasteiger partial charge in [0.05, 0.1) is 19.3 Å². The van der Waals surface area contributed by atoms with Crippen molar-refractivity contribution in [2.24, 2.45) is 4.99 Å². The predicted molar refractivity (Wildman–Crippen MR) is 135 cm³/mol. The minimum atomic E-state index is -0.0357. The largest absolute Gasteiger partial charge is 0.493 e. The fourth-order valence-electron chi connectivity index (χ4n) is 3.21. The Kier molecular flexibility index (Phi) is 10.5. The van der Waals surface area contributed by atoms with Crippen LogP contribution in [0.5, 0.6) is 11.5 Å². The highest BCUT2D eigenvalue weighted by Crippen LogP contribution is 2.26. The fourth-order valence-corrected chi connectivity index (χ4v) is 4.12. The molecule has 0 aliphatic carbocycles. The van der Waals surface area contributed by atoms with Crippen LogP contribution >= 0.6 is 35.3 Å². The van der Waals surface area contributed by atoms with Crippen LogP contribution in [0, 0.1) is 0 Å². The molecule has 0 spiro atoms. The molecular weight excluding hydrogens is 513 g/mol. The number of nitrogens with one attached hydrogen (secondary N) is 2. The first-order valence-electron chi connectivity index (χ1n) is 10.1. The maximum Gasteiger partial charge on any atom is 0.191 e. The second-order valence-corrected chi connectivity index (χ2v) is 7.86. The molecule has 1 atom stereocenters. The lowest BCUT2D eigenvalue weighted by atomic mass is 10.3. The van der Waals surface area contributed by atoms with Crippen molar-refractivity contribution in [3.05, 3.63) is 35.3 Å². The molecule has 9 heteroatoms. The highest BCUT2D eigenvalue weighted by Gasteiger charge is 2.15. The van der Waals surface area contributed by atoms with Crippen LogP contribution in [-0.4, -0.2) is 57.4 Å². The number of hydrogen-bond donors (Lipinski definition) is 2. The monoisotopic (exact) mass is 545 g/mol. The van der Waals surface area contributed by atoms with Crippen LogP contribution in [0.4, 0.5) is 5.13 Å². The molecule has 166 valence electrons. The molecule has 2 N–H and O–H groups in total. The van der Waals surface area contributed by atoms with Crippen LogP contribution in [0.3, 0.4) is 0 Å². The van der Waals surface area contributed by atoms with Gasteiger partial charge in [0.25, 0.3) is 0 Å². The second-order valence-electron chi connectivity index (χ2n) is 7.02. The van der Waals surface area contributed by atoms with Crippen LogP contribution in [-0.2, 0) is 6.42 Å². The topological polar surface area (TPSA) is 71.0 Å². The SMILES string of the molecule is CN=C(NCCc1csc(N2CCCC2)n1)NCC(C)Oc1ccccc1OC.I. The first-order chi connectivity index (χ1) is 14.2. The molecule has 1 saturated heterocycles. The van der Waals surface area contributed by atoms with Gasteiger partial charge in [0, 0.05) is 38.5 Å². The fraction of sp³-hybridized carbons (Fsp3) is 0.524. The van der Waals surface area contributed by atoms with Crippen LogP contribution in [0.25, 0.3) is 0 Å². The smallest absolute Gasteiger partial charge is 0.191 e. The molecule has 30 heavy (non-hydrogen) atoms. The Morgan fingerprint density at radius 3 is 2.67 bits per heavy atom. The third-order valence-electron chi connectivity index (χ3n) is 4.77. The number of nitrogens with zero attached hydrogens (tertiary/aromatic N) is 3. The highest BCUT2D eigenvalue weighted by molar-refractivity contribution is 14.0. The summed E-state index contributed by atoms with van der Waals surface area (Å²) in [4.78, 5) is 11.4. The number of hydrogen-bond acceptors (Lipinski definition) is 6. The Morgan fingerprint density at radius 2 is 1.97 bits per heavy atom. The number of anilines is 1. The summed E-state index contributed by atoms with van der Waals surface area (Å²) in [6.07, 6.45) is 3.39. The lowest BCUT2D eigenvalue weighted by Gasteiger charge is -2.19. The maximum atomic E-state index is 5.97. The lowest BCUT2D eigenvalue weighted by Crippen LogP contribution is -2.42. The second kappa shape index (κ2) is 12.8. The average Bonchev–Trinajstić information content (AvgIpc) is 3.42. The van der Waals surface area contributed by atoms with Gasteiger partial charge in [-0.3, -0.25) is 4.99 Å². The van der Waals surface area contributed by atoms with Gasteiger partial charge in [-0.05, 0) is 31.9 Å².